The van der Waals surface area contributed by atoms with Crippen molar-refractivity contribution in [3.63, 3.8) is 0 Å². The van der Waals surface area contributed by atoms with E-state index in [0.29, 0.717) is 23.5 Å². The van der Waals surface area contributed by atoms with Gasteiger partial charge in [-0.05, 0) is 20.3 Å². The summed E-state index contributed by atoms with van der Waals surface area (Å²) >= 11 is 0. The molecule has 8 heteroatoms. The van der Waals surface area contributed by atoms with E-state index in [9.17, 15) is 14.4 Å². The van der Waals surface area contributed by atoms with E-state index in [0.717, 1.165) is 0 Å². The number of imide groups is 1. The normalized spacial score (nSPS) is 18.8. The van der Waals surface area contributed by atoms with E-state index in [-0.39, 0.29) is 24.8 Å². The van der Waals surface area contributed by atoms with Crippen molar-refractivity contribution in [3.05, 3.63) is 11.4 Å². The SMILES string of the molecule is Cc1nn(CC(=O)NC2CCC(=O)NC2=O)c(C)c1N. The average Bonchev–Trinajstić information content (AvgIpc) is 2.61. The third kappa shape index (κ3) is 2.79. The number of aromatic nitrogens is 2. The average molecular weight is 279 g/mol. The molecule has 1 aliphatic rings. The van der Waals surface area contributed by atoms with Crippen molar-refractivity contribution >= 4 is 23.4 Å². The Hall–Kier alpha value is -2.38. The Morgan fingerprint density at radius 2 is 2.20 bits per heavy atom. The second kappa shape index (κ2) is 5.32. The van der Waals surface area contributed by atoms with Crippen LogP contribution in [-0.2, 0) is 20.9 Å². The van der Waals surface area contributed by atoms with Gasteiger partial charge in [0.2, 0.25) is 17.7 Å². The van der Waals surface area contributed by atoms with E-state index < -0.39 is 11.9 Å². The molecule has 1 aromatic rings. The highest BCUT2D eigenvalue weighted by Gasteiger charge is 2.27. The van der Waals surface area contributed by atoms with Gasteiger partial charge in [-0.2, -0.15) is 5.10 Å². The molecule has 1 aromatic heterocycles. The summed E-state index contributed by atoms with van der Waals surface area (Å²) in [6, 6.07) is -0.672. The predicted molar refractivity (Wildman–Crippen MR) is 70.4 cm³/mol. The van der Waals surface area contributed by atoms with Gasteiger partial charge in [-0.15, -0.1) is 0 Å². The second-order valence-corrected chi connectivity index (χ2v) is 4.81. The topological polar surface area (TPSA) is 119 Å². The van der Waals surface area contributed by atoms with Crippen molar-refractivity contribution in [2.75, 3.05) is 5.73 Å². The van der Waals surface area contributed by atoms with Crippen LogP contribution >= 0.6 is 0 Å². The molecule has 0 spiro atoms. The van der Waals surface area contributed by atoms with Gasteiger partial charge in [-0.25, -0.2) is 0 Å². The predicted octanol–water partition coefficient (Wildman–Crippen LogP) is -0.996. The molecule has 1 fully saturated rings. The Morgan fingerprint density at radius 1 is 1.50 bits per heavy atom. The molecule has 0 aromatic carbocycles. The smallest absolute Gasteiger partial charge is 0.249 e. The Labute approximate surface area is 115 Å². The molecule has 0 saturated carbocycles. The number of hydrogen-bond donors (Lipinski definition) is 3. The molecule has 20 heavy (non-hydrogen) atoms. The molecule has 1 saturated heterocycles. The number of nitrogens with one attached hydrogen (secondary N) is 2. The first kappa shape index (κ1) is 14.0. The number of rotatable bonds is 3. The lowest BCUT2D eigenvalue weighted by atomic mass is 10.1. The van der Waals surface area contributed by atoms with Crippen LogP contribution in [0.25, 0.3) is 0 Å². The van der Waals surface area contributed by atoms with E-state index in [4.69, 9.17) is 5.73 Å². The zero-order valence-electron chi connectivity index (χ0n) is 11.4. The number of nitrogens with zero attached hydrogens (tertiary/aromatic N) is 2. The van der Waals surface area contributed by atoms with E-state index in [1.54, 1.807) is 13.8 Å². The van der Waals surface area contributed by atoms with Crippen LogP contribution in [0, 0.1) is 13.8 Å². The van der Waals surface area contributed by atoms with Crippen LogP contribution in [0.3, 0.4) is 0 Å². The Balaban J connectivity index is 1.97. The van der Waals surface area contributed by atoms with Crippen molar-refractivity contribution in [3.8, 4) is 0 Å². The number of piperidine rings is 1. The standard InChI is InChI=1S/C12H17N5O3/c1-6-11(13)7(2)17(16-6)5-10(19)14-8-3-4-9(18)15-12(8)20/h8H,3-5,13H2,1-2H3,(H,14,19)(H,15,18,20). The monoisotopic (exact) mass is 279 g/mol. The molecule has 1 unspecified atom stereocenters. The first-order valence-electron chi connectivity index (χ1n) is 6.31. The van der Waals surface area contributed by atoms with Crippen molar-refractivity contribution < 1.29 is 14.4 Å². The highest BCUT2D eigenvalue weighted by molar-refractivity contribution is 6.01. The summed E-state index contributed by atoms with van der Waals surface area (Å²) in [6.45, 7) is 3.52. The number of nitrogen functional groups attached to an aromatic ring is 1. The van der Waals surface area contributed by atoms with Gasteiger partial charge in [-0.3, -0.25) is 24.4 Å². The number of aryl methyl sites for hydroxylation is 1. The maximum Gasteiger partial charge on any atom is 0.249 e. The number of amides is 3. The largest absolute Gasteiger partial charge is 0.396 e. The first-order valence-corrected chi connectivity index (χ1v) is 6.31. The van der Waals surface area contributed by atoms with Crippen molar-refractivity contribution in [1.82, 2.24) is 20.4 Å². The third-order valence-electron chi connectivity index (χ3n) is 3.31. The molecule has 2 rings (SSSR count). The lowest BCUT2D eigenvalue weighted by Gasteiger charge is -2.21. The van der Waals surface area contributed by atoms with Crippen molar-refractivity contribution in [1.29, 1.82) is 0 Å². The molecule has 0 radical (unpaired) electrons. The van der Waals surface area contributed by atoms with Gasteiger partial charge in [0.1, 0.15) is 12.6 Å². The van der Waals surface area contributed by atoms with Crippen LogP contribution in [0.15, 0.2) is 0 Å². The molecule has 4 N–H and O–H groups in total. The molecule has 1 atom stereocenters. The fourth-order valence-corrected chi connectivity index (χ4v) is 2.07. The Bertz CT molecular complexity index is 578. The van der Waals surface area contributed by atoms with Crippen LogP contribution in [0.1, 0.15) is 24.2 Å². The zero-order valence-corrected chi connectivity index (χ0v) is 11.4. The number of anilines is 1. The minimum absolute atomic E-state index is 0.0123. The fraction of sp³-hybridized carbons (Fsp3) is 0.500. The number of carbonyl (C=O) groups excluding carboxylic acids is 3. The molecular formula is C12H17N5O3. The Morgan fingerprint density at radius 3 is 2.75 bits per heavy atom. The van der Waals surface area contributed by atoms with Gasteiger partial charge in [0.15, 0.2) is 0 Å². The van der Waals surface area contributed by atoms with Crippen molar-refractivity contribution in [2.45, 2.75) is 39.3 Å². The van der Waals surface area contributed by atoms with Gasteiger partial charge < -0.3 is 11.1 Å². The molecule has 1 aliphatic heterocycles. The van der Waals surface area contributed by atoms with E-state index in [2.05, 4.69) is 15.7 Å². The lowest BCUT2D eigenvalue weighted by molar-refractivity contribution is -0.137. The van der Waals surface area contributed by atoms with Gasteiger partial charge >= 0.3 is 0 Å². The summed E-state index contributed by atoms with van der Waals surface area (Å²) in [5, 5.41) is 8.93. The molecule has 2 heterocycles. The van der Waals surface area contributed by atoms with Gasteiger partial charge in [0, 0.05) is 6.42 Å². The molecule has 8 nitrogen and oxygen atoms in total. The number of carbonyl (C=O) groups is 3. The lowest BCUT2D eigenvalue weighted by Crippen LogP contribution is -2.52. The van der Waals surface area contributed by atoms with Crippen LogP contribution in [0.2, 0.25) is 0 Å². The third-order valence-corrected chi connectivity index (χ3v) is 3.31. The molecule has 108 valence electrons. The van der Waals surface area contributed by atoms with E-state index in [1.807, 2.05) is 0 Å². The summed E-state index contributed by atoms with van der Waals surface area (Å²) in [5.41, 5.74) is 7.71. The zero-order chi connectivity index (χ0) is 14.9. The molecular weight excluding hydrogens is 262 g/mol. The Kier molecular flexibility index (Phi) is 3.73. The maximum absolute atomic E-state index is 11.9. The van der Waals surface area contributed by atoms with Crippen LogP contribution in [-0.4, -0.2) is 33.5 Å². The molecule has 0 aliphatic carbocycles. The van der Waals surface area contributed by atoms with Gasteiger partial charge in [0.25, 0.3) is 0 Å². The maximum atomic E-state index is 11.9. The van der Waals surface area contributed by atoms with Gasteiger partial charge in [-0.1, -0.05) is 0 Å². The summed E-state index contributed by atoms with van der Waals surface area (Å²) in [4.78, 5) is 34.4. The van der Waals surface area contributed by atoms with Gasteiger partial charge in [0.05, 0.1) is 17.1 Å². The van der Waals surface area contributed by atoms with Crippen LogP contribution < -0.4 is 16.4 Å². The minimum atomic E-state index is -0.672. The molecule has 3 amide bonds. The van der Waals surface area contributed by atoms with E-state index in [1.165, 1.54) is 4.68 Å². The molecule has 0 bridgehead atoms. The van der Waals surface area contributed by atoms with Crippen LogP contribution in [0.5, 0.6) is 0 Å². The number of hydrogen-bond acceptors (Lipinski definition) is 5. The highest BCUT2D eigenvalue weighted by Crippen LogP contribution is 2.14. The second-order valence-electron chi connectivity index (χ2n) is 4.81. The van der Waals surface area contributed by atoms with Crippen LogP contribution in [0.4, 0.5) is 5.69 Å². The fourth-order valence-electron chi connectivity index (χ4n) is 2.07. The first-order chi connectivity index (χ1) is 9.38. The summed E-state index contributed by atoms with van der Waals surface area (Å²) < 4.78 is 1.49. The summed E-state index contributed by atoms with van der Waals surface area (Å²) in [6.07, 6.45) is 0.541. The highest BCUT2D eigenvalue weighted by atomic mass is 16.2. The quantitative estimate of drug-likeness (QED) is 0.613. The summed E-state index contributed by atoms with van der Waals surface area (Å²) in [7, 11) is 0. The number of nitrogens with two attached hydrogens (primary N) is 1. The van der Waals surface area contributed by atoms with Crippen molar-refractivity contribution in [2.24, 2.45) is 0 Å². The minimum Gasteiger partial charge on any atom is -0.396 e. The summed E-state index contributed by atoms with van der Waals surface area (Å²) in [5.74, 6) is -1.13. The van der Waals surface area contributed by atoms with E-state index >= 15 is 0 Å².